The van der Waals surface area contributed by atoms with Crippen molar-refractivity contribution in [2.45, 2.75) is 19.8 Å². The number of nitriles is 1. The van der Waals surface area contributed by atoms with E-state index in [1.165, 1.54) is 6.07 Å². The first-order valence-corrected chi connectivity index (χ1v) is 7.76. The summed E-state index contributed by atoms with van der Waals surface area (Å²) in [7, 11) is 0. The first-order valence-electron chi connectivity index (χ1n) is 7.38. The fourth-order valence-corrected chi connectivity index (χ4v) is 2.34. The van der Waals surface area contributed by atoms with Crippen LogP contribution in [0.4, 0.5) is 0 Å². The predicted octanol–water partition coefficient (Wildman–Crippen LogP) is 4.42. The molecule has 124 valence electrons. The van der Waals surface area contributed by atoms with E-state index in [-0.39, 0.29) is 6.42 Å². The molecule has 0 saturated carbocycles. The molecule has 0 spiro atoms. The lowest BCUT2D eigenvalue weighted by Crippen LogP contribution is -2.01. The maximum atomic E-state index is 10.7. The fraction of sp³-hybridized carbons (Fsp3) is 0.222. The molecule has 0 unspecified atom stereocenters. The van der Waals surface area contributed by atoms with Crippen molar-refractivity contribution in [3.8, 4) is 23.3 Å². The quantitative estimate of drug-likeness (QED) is 0.803. The van der Waals surface area contributed by atoms with Crippen molar-refractivity contribution < 1.29 is 19.4 Å². The minimum atomic E-state index is -0.859. The number of benzene rings is 2. The molecule has 2 rings (SSSR count). The van der Waals surface area contributed by atoms with Gasteiger partial charge in [0.15, 0.2) is 0 Å². The van der Waals surface area contributed by atoms with Gasteiger partial charge in [-0.05, 0) is 43.2 Å². The van der Waals surface area contributed by atoms with Crippen LogP contribution in [0.15, 0.2) is 36.4 Å². The summed E-state index contributed by atoms with van der Waals surface area (Å²) in [5.74, 6) is 0.670. The predicted molar refractivity (Wildman–Crippen MR) is 89.8 cm³/mol. The van der Waals surface area contributed by atoms with Crippen LogP contribution in [0.25, 0.3) is 0 Å². The molecule has 0 aromatic heterocycles. The molecule has 2 aromatic carbocycles. The zero-order valence-corrected chi connectivity index (χ0v) is 13.8. The number of hydrogen-bond donors (Lipinski definition) is 1. The van der Waals surface area contributed by atoms with Crippen LogP contribution >= 0.6 is 11.6 Å². The van der Waals surface area contributed by atoms with Gasteiger partial charge in [0.25, 0.3) is 0 Å². The summed E-state index contributed by atoms with van der Waals surface area (Å²) in [6, 6.07) is 12.0. The first-order chi connectivity index (χ1) is 11.5. The van der Waals surface area contributed by atoms with Crippen LogP contribution in [0.1, 0.15) is 24.5 Å². The minimum Gasteiger partial charge on any atom is -0.493 e. The number of nitrogens with zero attached hydrogens (tertiary/aromatic N) is 1. The average molecular weight is 346 g/mol. The van der Waals surface area contributed by atoms with Gasteiger partial charge in [-0.15, -0.1) is 0 Å². The Morgan fingerprint density at radius 2 is 2.04 bits per heavy atom. The molecule has 0 aliphatic rings. The molecule has 24 heavy (non-hydrogen) atoms. The number of hydrogen-bond acceptors (Lipinski definition) is 4. The van der Waals surface area contributed by atoms with Gasteiger partial charge in [-0.25, -0.2) is 0 Å². The lowest BCUT2D eigenvalue weighted by atomic mass is 10.1. The summed E-state index contributed by atoms with van der Waals surface area (Å²) in [5, 5.41) is 18.0. The molecule has 0 amide bonds. The topological polar surface area (TPSA) is 79.5 Å². The van der Waals surface area contributed by atoms with Crippen molar-refractivity contribution in [2.24, 2.45) is 0 Å². The molecule has 0 aliphatic heterocycles. The van der Waals surface area contributed by atoms with Crippen molar-refractivity contribution in [1.29, 1.82) is 5.26 Å². The van der Waals surface area contributed by atoms with E-state index in [1.54, 1.807) is 30.3 Å². The third kappa shape index (κ3) is 4.64. The fourth-order valence-electron chi connectivity index (χ4n) is 2.12. The van der Waals surface area contributed by atoms with Crippen molar-refractivity contribution in [3.05, 3.63) is 52.5 Å². The summed E-state index contributed by atoms with van der Waals surface area (Å²) < 4.78 is 11.3. The van der Waals surface area contributed by atoms with Crippen LogP contribution in [-0.4, -0.2) is 17.7 Å². The summed E-state index contributed by atoms with van der Waals surface area (Å²) in [6.07, 6.45) is 0.407. The Balaban J connectivity index is 2.23. The summed E-state index contributed by atoms with van der Waals surface area (Å²) in [5.41, 5.74) is 1.25. The molecule has 0 saturated heterocycles. The normalized spacial score (nSPS) is 10.0. The smallest absolute Gasteiger partial charge is 0.303 e. The maximum absolute atomic E-state index is 10.7. The molecule has 6 heteroatoms. The molecular weight excluding hydrogens is 330 g/mol. The molecule has 0 atom stereocenters. The zero-order valence-electron chi connectivity index (χ0n) is 13.1. The van der Waals surface area contributed by atoms with Crippen molar-refractivity contribution in [3.63, 3.8) is 0 Å². The first kappa shape index (κ1) is 17.6. The van der Waals surface area contributed by atoms with E-state index < -0.39 is 5.97 Å². The lowest BCUT2D eigenvalue weighted by Gasteiger charge is -2.13. The highest BCUT2D eigenvalue weighted by Crippen LogP contribution is 2.33. The van der Waals surface area contributed by atoms with Crippen LogP contribution in [0.3, 0.4) is 0 Å². The van der Waals surface area contributed by atoms with Crippen LogP contribution in [0, 0.1) is 11.3 Å². The third-order valence-corrected chi connectivity index (χ3v) is 3.53. The van der Waals surface area contributed by atoms with Crippen LogP contribution in [0.2, 0.25) is 5.02 Å². The molecule has 0 bridgehead atoms. The number of carboxylic acid groups (broad SMARTS) is 1. The number of ether oxygens (including phenoxy) is 2. The third-order valence-electron chi connectivity index (χ3n) is 3.24. The zero-order chi connectivity index (χ0) is 17.5. The van der Waals surface area contributed by atoms with E-state index in [1.807, 2.05) is 13.0 Å². The van der Waals surface area contributed by atoms with Gasteiger partial charge in [-0.2, -0.15) is 5.26 Å². The van der Waals surface area contributed by atoms with E-state index in [2.05, 4.69) is 0 Å². The van der Waals surface area contributed by atoms with Gasteiger partial charge in [0.05, 0.1) is 23.3 Å². The highest BCUT2D eigenvalue weighted by atomic mass is 35.5. The Hall–Kier alpha value is -2.71. The van der Waals surface area contributed by atoms with Crippen LogP contribution in [-0.2, 0) is 11.2 Å². The molecule has 1 N–H and O–H groups in total. The lowest BCUT2D eigenvalue weighted by molar-refractivity contribution is -0.136. The van der Waals surface area contributed by atoms with Gasteiger partial charge in [-0.3, -0.25) is 4.79 Å². The Labute approximate surface area is 145 Å². The van der Waals surface area contributed by atoms with E-state index >= 15 is 0 Å². The van der Waals surface area contributed by atoms with Crippen molar-refractivity contribution >= 4 is 17.6 Å². The van der Waals surface area contributed by atoms with Gasteiger partial charge in [0.1, 0.15) is 17.2 Å². The van der Waals surface area contributed by atoms with Gasteiger partial charge < -0.3 is 14.6 Å². The summed E-state index contributed by atoms with van der Waals surface area (Å²) in [6.45, 7) is 2.31. The Morgan fingerprint density at radius 1 is 1.25 bits per heavy atom. The highest BCUT2D eigenvalue weighted by Gasteiger charge is 2.10. The molecule has 2 aromatic rings. The maximum Gasteiger partial charge on any atom is 0.303 e. The number of carbonyl (C=O) groups is 1. The van der Waals surface area contributed by atoms with Gasteiger partial charge >= 0.3 is 5.97 Å². The minimum absolute atomic E-state index is 0.0295. The molecule has 0 aliphatic carbocycles. The molecule has 5 nitrogen and oxygen atoms in total. The van der Waals surface area contributed by atoms with Gasteiger partial charge in [0.2, 0.25) is 0 Å². The summed E-state index contributed by atoms with van der Waals surface area (Å²) in [4.78, 5) is 10.7. The van der Waals surface area contributed by atoms with Gasteiger partial charge in [0, 0.05) is 12.5 Å². The molecule has 0 radical (unpaired) electrons. The average Bonchev–Trinajstić information content (AvgIpc) is 2.56. The largest absolute Gasteiger partial charge is 0.493 e. The number of aryl methyl sites for hydroxylation is 1. The molecule has 0 fully saturated rings. The second-order valence-electron chi connectivity index (χ2n) is 4.96. The number of rotatable bonds is 7. The monoisotopic (exact) mass is 345 g/mol. The van der Waals surface area contributed by atoms with Gasteiger partial charge in [-0.1, -0.05) is 17.7 Å². The summed E-state index contributed by atoms with van der Waals surface area (Å²) >= 11 is 6.10. The number of halogens is 1. The van der Waals surface area contributed by atoms with E-state index in [4.69, 9.17) is 31.4 Å². The van der Waals surface area contributed by atoms with Crippen molar-refractivity contribution in [1.82, 2.24) is 0 Å². The standard InChI is InChI=1S/C18H16ClNO4/c1-2-23-17-10-14(6-4-13(17)5-8-18(21)22)24-16-7-3-12(11-20)9-15(16)19/h3-4,6-7,9-10H,2,5,8H2,1H3,(H,21,22). The number of carboxylic acids is 1. The second kappa shape index (κ2) is 8.23. The Bertz CT molecular complexity index is 783. The second-order valence-corrected chi connectivity index (χ2v) is 5.36. The Morgan fingerprint density at radius 3 is 2.67 bits per heavy atom. The van der Waals surface area contributed by atoms with Crippen LogP contribution < -0.4 is 9.47 Å². The van der Waals surface area contributed by atoms with E-state index in [0.29, 0.717) is 40.9 Å². The number of aliphatic carboxylic acids is 1. The van der Waals surface area contributed by atoms with Crippen LogP contribution in [0.5, 0.6) is 17.2 Å². The van der Waals surface area contributed by atoms with Crippen molar-refractivity contribution in [2.75, 3.05) is 6.61 Å². The van der Waals surface area contributed by atoms with E-state index in [9.17, 15) is 4.79 Å². The van der Waals surface area contributed by atoms with E-state index in [0.717, 1.165) is 5.56 Å². The molecule has 0 heterocycles. The Kier molecular flexibility index (Phi) is 6.05. The highest BCUT2D eigenvalue weighted by molar-refractivity contribution is 6.32. The molecular formula is C18H16ClNO4. The SMILES string of the molecule is CCOc1cc(Oc2ccc(C#N)cc2Cl)ccc1CCC(=O)O.